The van der Waals surface area contributed by atoms with Crippen molar-refractivity contribution in [3.05, 3.63) is 66.2 Å². The first-order chi connectivity index (χ1) is 13.4. The third-order valence-corrected chi connectivity index (χ3v) is 6.03. The fourth-order valence-corrected chi connectivity index (χ4v) is 4.31. The van der Waals surface area contributed by atoms with E-state index in [-0.39, 0.29) is 0 Å². The maximum absolute atomic E-state index is 5.45. The zero-order valence-corrected chi connectivity index (χ0v) is 17.1. The number of hydrogen-bond acceptors (Lipinski definition) is 4. The van der Waals surface area contributed by atoms with Crippen LogP contribution in [0.1, 0.15) is 18.4 Å². The van der Waals surface area contributed by atoms with Gasteiger partial charge in [0.2, 0.25) is 0 Å². The predicted molar refractivity (Wildman–Crippen MR) is 115 cm³/mol. The van der Waals surface area contributed by atoms with Crippen molar-refractivity contribution < 1.29 is 4.74 Å². The molecule has 0 N–H and O–H groups in total. The molecule has 3 nitrogen and oxygen atoms in total. The summed E-state index contributed by atoms with van der Waals surface area (Å²) in [6, 6.07) is 21.6. The number of thioether (sulfide) groups is 1. The standard InChI is InChI=1S/C23H32N2OS/c1-3-9-22(10-4-1)21-25(14-7-13-24-16-18-26-19-17-24)15-8-20-27-23-11-5-2-6-12-23/h1-6,9-12H,7-8,13-21H2. The Morgan fingerprint density at radius 1 is 0.852 bits per heavy atom. The third kappa shape index (κ3) is 8.06. The van der Waals surface area contributed by atoms with E-state index in [0.717, 1.165) is 39.4 Å². The number of morpholine rings is 1. The van der Waals surface area contributed by atoms with Gasteiger partial charge in [0.25, 0.3) is 0 Å². The first-order valence-electron chi connectivity index (χ1n) is 10.1. The molecule has 1 saturated heterocycles. The van der Waals surface area contributed by atoms with Crippen LogP contribution in [-0.2, 0) is 11.3 Å². The van der Waals surface area contributed by atoms with Crippen molar-refractivity contribution in [2.24, 2.45) is 0 Å². The van der Waals surface area contributed by atoms with Crippen molar-refractivity contribution in [1.82, 2.24) is 9.80 Å². The zero-order chi connectivity index (χ0) is 18.6. The smallest absolute Gasteiger partial charge is 0.0594 e. The maximum Gasteiger partial charge on any atom is 0.0594 e. The average Bonchev–Trinajstić information content (AvgIpc) is 2.73. The molecule has 146 valence electrons. The molecule has 4 heteroatoms. The van der Waals surface area contributed by atoms with Gasteiger partial charge in [0.1, 0.15) is 0 Å². The summed E-state index contributed by atoms with van der Waals surface area (Å²) in [4.78, 5) is 6.54. The fourth-order valence-electron chi connectivity index (χ4n) is 3.45. The van der Waals surface area contributed by atoms with Crippen LogP contribution in [0, 0.1) is 0 Å². The monoisotopic (exact) mass is 384 g/mol. The SMILES string of the molecule is c1ccc(CN(CCCSc2ccccc2)CCCN2CCOCC2)cc1. The van der Waals surface area contributed by atoms with E-state index in [1.165, 1.54) is 42.1 Å². The van der Waals surface area contributed by atoms with E-state index in [2.05, 4.69) is 70.5 Å². The van der Waals surface area contributed by atoms with Crippen molar-refractivity contribution >= 4 is 11.8 Å². The van der Waals surface area contributed by atoms with Crippen LogP contribution in [0.25, 0.3) is 0 Å². The molecule has 0 unspecified atom stereocenters. The minimum atomic E-state index is 0.893. The Kier molecular flexibility index (Phi) is 9.21. The van der Waals surface area contributed by atoms with Gasteiger partial charge in [-0.15, -0.1) is 11.8 Å². The van der Waals surface area contributed by atoms with Crippen LogP contribution in [0.15, 0.2) is 65.6 Å². The van der Waals surface area contributed by atoms with Gasteiger partial charge in [-0.25, -0.2) is 0 Å². The zero-order valence-electron chi connectivity index (χ0n) is 16.3. The molecule has 3 rings (SSSR count). The second-order valence-corrected chi connectivity index (χ2v) is 8.25. The maximum atomic E-state index is 5.45. The summed E-state index contributed by atoms with van der Waals surface area (Å²) >= 11 is 1.97. The van der Waals surface area contributed by atoms with Crippen molar-refractivity contribution in [3.8, 4) is 0 Å². The highest BCUT2D eigenvalue weighted by molar-refractivity contribution is 7.99. The summed E-state index contributed by atoms with van der Waals surface area (Å²) in [7, 11) is 0. The molecule has 1 aliphatic heterocycles. The average molecular weight is 385 g/mol. The van der Waals surface area contributed by atoms with E-state index in [1.54, 1.807) is 0 Å². The molecule has 2 aromatic carbocycles. The number of benzene rings is 2. The Labute approximate surface area is 168 Å². The normalized spacial score (nSPS) is 15.3. The Bertz CT molecular complexity index is 617. The number of hydrogen-bond donors (Lipinski definition) is 0. The van der Waals surface area contributed by atoms with E-state index >= 15 is 0 Å². The number of ether oxygens (including phenoxy) is 1. The summed E-state index contributed by atoms with van der Waals surface area (Å²) in [6.07, 6.45) is 2.46. The van der Waals surface area contributed by atoms with Crippen LogP contribution < -0.4 is 0 Å². The molecule has 0 bridgehead atoms. The first-order valence-corrected chi connectivity index (χ1v) is 11.1. The summed E-state index contributed by atoms with van der Waals surface area (Å²) in [5, 5.41) is 0. The van der Waals surface area contributed by atoms with E-state index in [1.807, 2.05) is 11.8 Å². The van der Waals surface area contributed by atoms with Crippen LogP contribution in [-0.4, -0.2) is 61.5 Å². The van der Waals surface area contributed by atoms with Gasteiger partial charge >= 0.3 is 0 Å². The lowest BCUT2D eigenvalue weighted by atomic mass is 10.2. The lowest BCUT2D eigenvalue weighted by molar-refractivity contribution is 0.0360. The Morgan fingerprint density at radius 3 is 2.26 bits per heavy atom. The van der Waals surface area contributed by atoms with Crippen LogP contribution in [0.3, 0.4) is 0 Å². The lowest BCUT2D eigenvalue weighted by Crippen LogP contribution is -2.38. The highest BCUT2D eigenvalue weighted by Gasteiger charge is 2.11. The molecule has 1 aliphatic rings. The van der Waals surface area contributed by atoms with Gasteiger partial charge in [-0.1, -0.05) is 48.5 Å². The largest absolute Gasteiger partial charge is 0.379 e. The van der Waals surface area contributed by atoms with Crippen LogP contribution in [0.4, 0.5) is 0 Å². The van der Waals surface area contributed by atoms with Gasteiger partial charge in [0.15, 0.2) is 0 Å². The van der Waals surface area contributed by atoms with Gasteiger partial charge in [-0.3, -0.25) is 9.80 Å². The summed E-state index contributed by atoms with van der Waals surface area (Å²) in [5.74, 6) is 1.18. The first kappa shape index (κ1) is 20.4. The van der Waals surface area contributed by atoms with Gasteiger partial charge in [0, 0.05) is 24.5 Å². The third-order valence-electron chi connectivity index (χ3n) is 4.93. The van der Waals surface area contributed by atoms with Gasteiger partial charge in [0.05, 0.1) is 13.2 Å². The molecule has 0 spiro atoms. The molecule has 2 aromatic rings. The van der Waals surface area contributed by atoms with Crippen molar-refractivity contribution in [1.29, 1.82) is 0 Å². The molecule has 0 aromatic heterocycles. The molecule has 0 radical (unpaired) electrons. The highest BCUT2D eigenvalue weighted by atomic mass is 32.2. The summed E-state index contributed by atoms with van der Waals surface area (Å²) in [6.45, 7) is 8.54. The Balaban J connectivity index is 1.42. The molecule has 1 heterocycles. The minimum absolute atomic E-state index is 0.893. The number of nitrogens with zero attached hydrogens (tertiary/aromatic N) is 2. The Morgan fingerprint density at radius 2 is 1.52 bits per heavy atom. The van der Waals surface area contributed by atoms with E-state index in [4.69, 9.17) is 4.74 Å². The quantitative estimate of drug-likeness (QED) is 0.421. The van der Waals surface area contributed by atoms with E-state index in [0.29, 0.717) is 0 Å². The van der Waals surface area contributed by atoms with Gasteiger partial charge in [-0.2, -0.15) is 0 Å². The van der Waals surface area contributed by atoms with Crippen molar-refractivity contribution in [2.45, 2.75) is 24.3 Å². The molecule has 1 fully saturated rings. The lowest BCUT2D eigenvalue weighted by Gasteiger charge is -2.28. The molecule has 27 heavy (non-hydrogen) atoms. The van der Waals surface area contributed by atoms with Crippen molar-refractivity contribution in [2.75, 3.05) is 51.7 Å². The highest BCUT2D eigenvalue weighted by Crippen LogP contribution is 2.18. The molecule has 0 amide bonds. The topological polar surface area (TPSA) is 15.7 Å². The molecular weight excluding hydrogens is 352 g/mol. The molecule has 0 aliphatic carbocycles. The molecular formula is C23H32N2OS. The molecule has 0 saturated carbocycles. The summed E-state index contributed by atoms with van der Waals surface area (Å²) in [5.41, 5.74) is 1.42. The van der Waals surface area contributed by atoms with Crippen LogP contribution >= 0.6 is 11.8 Å². The van der Waals surface area contributed by atoms with Crippen molar-refractivity contribution in [3.63, 3.8) is 0 Å². The number of rotatable bonds is 11. The van der Waals surface area contributed by atoms with Crippen LogP contribution in [0.2, 0.25) is 0 Å². The second kappa shape index (κ2) is 12.2. The Hall–Kier alpha value is -1.33. The molecule has 0 atom stereocenters. The minimum Gasteiger partial charge on any atom is -0.379 e. The van der Waals surface area contributed by atoms with E-state index < -0.39 is 0 Å². The van der Waals surface area contributed by atoms with Gasteiger partial charge < -0.3 is 4.74 Å². The second-order valence-electron chi connectivity index (χ2n) is 7.08. The predicted octanol–water partition coefficient (Wildman–Crippen LogP) is 4.39. The van der Waals surface area contributed by atoms with Crippen LogP contribution in [0.5, 0.6) is 0 Å². The fraction of sp³-hybridized carbons (Fsp3) is 0.478. The van der Waals surface area contributed by atoms with Gasteiger partial charge in [-0.05, 0) is 55.9 Å². The van der Waals surface area contributed by atoms with E-state index in [9.17, 15) is 0 Å². The summed E-state index contributed by atoms with van der Waals surface area (Å²) < 4.78 is 5.45.